The molecule has 2 heterocycles. The van der Waals surface area contributed by atoms with E-state index in [4.69, 9.17) is 38.5 Å². The average Bonchev–Trinajstić information content (AvgIpc) is 3.15. The van der Waals surface area contributed by atoms with Crippen molar-refractivity contribution in [3.8, 4) is 0 Å². The van der Waals surface area contributed by atoms with Gasteiger partial charge < -0.3 is 39.1 Å². The molecule has 2 unspecified atom stereocenters. The summed E-state index contributed by atoms with van der Waals surface area (Å²) in [4.78, 5) is 23.8. The summed E-state index contributed by atoms with van der Waals surface area (Å²) in [6, 6.07) is 0. The van der Waals surface area contributed by atoms with Gasteiger partial charge in [-0.25, -0.2) is 19.7 Å². The molecule has 0 aliphatic heterocycles. The number of imidazole rings is 1. The van der Waals surface area contributed by atoms with E-state index in [1.54, 1.807) is 39.2 Å². The first-order valence-electron chi connectivity index (χ1n) is 10.7. The molecule has 2 aromatic heterocycles. The van der Waals surface area contributed by atoms with Gasteiger partial charge in [0.25, 0.3) is 6.48 Å². The number of carbonyl (C=O) groups is 1. The second-order valence-corrected chi connectivity index (χ2v) is 9.76. The van der Waals surface area contributed by atoms with Gasteiger partial charge in [0, 0.05) is 0 Å². The molecule has 198 valence electrons. The number of hydrogen-bond donors (Lipinski definition) is 2. The number of hydrogen-bond acceptors (Lipinski definition) is 14. The second-order valence-electron chi connectivity index (χ2n) is 7.76. The van der Waals surface area contributed by atoms with Crippen LogP contribution < -0.4 is 5.73 Å². The zero-order valence-electron chi connectivity index (χ0n) is 20.2. The molecule has 3 N–H and O–H groups in total. The Morgan fingerprint density at radius 2 is 1.80 bits per heavy atom. The van der Waals surface area contributed by atoms with E-state index < -0.39 is 52.4 Å². The van der Waals surface area contributed by atoms with Gasteiger partial charge in [0.05, 0.1) is 31.2 Å². The number of aliphatic hydroxyl groups excluding tert-OH is 1. The summed E-state index contributed by atoms with van der Waals surface area (Å²) >= 11 is 0. The van der Waals surface area contributed by atoms with Crippen molar-refractivity contribution < 1.29 is 47.2 Å². The number of nitrogens with zero attached hydrogens (tertiary/aromatic N) is 4. The minimum absolute atomic E-state index is 0.244. The first-order chi connectivity index (χ1) is 16.5. The van der Waals surface area contributed by atoms with Crippen LogP contribution in [-0.4, -0.2) is 75.5 Å². The van der Waals surface area contributed by atoms with E-state index in [9.17, 15) is 14.5 Å². The smallest absolute Gasteiger partial charge is 0.432 e. The van der Waals surface area contributed by atoms with Gasteiger partial charge in [-0.15, -0.1) is 0 Å². The van der Waals surface area contributed by atoms with Crippen LogP contribution in [0.3, 0.4) is 0 Å². The lowest BCUT2D eigenvalue weighted by atomic mass is 10.4. The molecule has 0 radical (unpaired) electrons. The van der Waals surface area contributed by atoms with Gasteiger partial charge in [0.2, 0.25) is 6.79 Å². The van der Waals surface area contributed by atoms with Crippen molar-refractivity contribution in [1.29, 1.82) is 0 Å². The molecule has 0 aliphatic carbocycles. The third-order valence-corrected chi connectivity index (χ3v) is 5.47. The summed E-state index contributed by atoms with van der Waals surface area (Å²) in [7, 11) is -4.02. The highest BCUT2D eigenvalue weighted by molar-refractivity contribution is 7.53. The molecule has 2 rings (SSSR count). The lowest BCUT2D eigenvalue weighted by molar-refractivity contribution is -0.294. The normalized spacial score (nSPS) is 15.3. The van der Waals surface area contributed by atoms with Crippen molar-refractivity contribution in [2.75, 3.05) is 25.7 Å². The molecule has 0 aromatic carbocycles. The summed E-state index contributed by atoms with van der Waals surface area (Å²) in [5.41, 5.74) is 6.75. The van der Waals surface area contributed by atoms with Crippen LogP contribution in [0.2, 0.25) is 0 Å². The predicted molar refractivity (Wildman–Crippen MR) is 121 cm³/mol. The summed E-state index contributed by atoms with van der Waals surface area (Å²) in [5, 5.41) is 9.62. The van der Waals surface area contributed by atoms with Crippen LogP contribution in [0.1, 0.15) is 34.6 Å². The van der Waals surface area contributed by atoms with Gasteiger partial charge in [0.1, 0.15) is 18.2 Å². The van der Waals surface area contributed by atoms with E-state index in [0.717, 1.165) is 0 Å². The molecular formula is C19H32N5O10P. The Balaban J connectivity index is 1.95. The third kappa shape index (κ3) is 10.0. The molecular weight excluding hydrogens is 489 g/mol. The lowest BCUT2D eigenvalue weighted by Crippen LogP contribution is -2.23. The maximum Gasteiger partial charge on any atom is 0.510 e. The van der Waals surface area contributed by atoms with E-state index in [1.165, 1.54) is 12.7 Å². The molecule has 0 fully saturated rings. The fourth-order valence-corrected chi connectivity index (χ4v) is 3.61. The Morgan fingerprint density at radius 1 is 1.09 bits per heavy atom. The van der Waals surface area contributed by atoms with Crippen molar-refractivity contribution in [2.45, 2.75) is 66.0 Å². The molecule has 15 nitrogen and oxygen atoms in total. The third-order valence-electron chi connectivity index (χ3n) is 4.01. The Bertz CT molecular complexity index is 988. The molecule has 0 amide bonds. The van der Waals surface area contributed by atoms with Crippen LogP contribution in [0.15, 0.2) is 12.7 Å². The standard InChI is InChI=1S/C19H32N5O10P/c1-12(2)33-18(25)28-9-31-35(27,32-10-29-19(26)34-13(3)4)11-30-14(5)6-24-8-23-15-16(20)21-7-22-17(15)24/h7-8,12-14,18,25H,6,9-11H2,1-5H3,(H2,20,21,22)/t14-,18?,35?/m0/s1. The molecule has 3 atom stereocenters. The number of aromatic nitrogens is 4. The highest BCUT2D eigenvalue weighted by atomic mass is 31.2. The first kappa shape index (κ1) is 28.8. The van der Waals surface area contributed by atoms with Crippen molar-refractivity contribution in [3.05, 3.63) is 12.7 Å². The lowest BCUT2D eigenvalue weighted by Gasteiger charge is -2.22. The number of nitrogens with two attached hydrogens (primary N) is 1. The SMILES string of the molecule is CC(C)OC(=O)OCOP(=O)(CO[C@@H](C)Cn1cnc2c(N)ncnc21)OCOC(O)OC(C)C. The van der Waals surface area contributed by atoms with Crippen molar-refractivity contribution in [3.63, 3.8) is 0 Å². The summed E-state index contributed by atoms with van der Waals surface area (Å²) in [5.74, 6) is 0.244. The molecule has 0 saturated heterocycles. The Kier molecular flexibility index (Phi) is 11.2. The van der Waals surface area contributed by atoms with E-state index in [2.05, 4.69) is 15.0 Å². The molecule has 2 aromatic rings. The number of anilines is 1. The van der Waals surface area contributed by atoms with E-state index in [1.807, 2.05) is 0 Å². The minimum Gasteiger partial charge on any atom is -0.432 e. The number of carbonyl (C=O) groups excluding carboxylic acids is 1. The molecule has 35 heavy (non-hydrogen) atoms. The highest BCUT2D eigenvalue weighted by Gasteiger charge is 2.28. The number of aliphatic hydroxyl groups is 1. The average molecular weight is 521 g/mol. The van der Waals surface area contributed by atoms with Crippen molar-refractivity contribution in [2.24, 2.45) is 0 Å². The van der Waals surface area contributed by atoms with Gasteiger partial charge in [-0.3, -0.25) is 13.6 Å². The van der Waals surface area contributed by atoms with Gasteiger partial charge in [-0.1, -0.05) is 0 Å². The van der Waals surface area contributed by atoms with E-state index in [-0.39, 0.29) is 18.5 Å². The zero-order valence-corrected chi connectivity index (χ0v) is 21.1. The molecule has 0 saturated carbocycles. The number of rotatable bonds is 15. The molecule has 0 aliphatic rings. The van der Waals surface area contributed by atoms with Gasteiger partial charge >= 0.3 is 13.8 Å². The predicted octanol–water partition coefficient (Wildman–Crippen LogP) is 2.19. The fourth-order valence-electron chi connectivity index (χ4n) is 2.51. The van der Waals surface area contributed by atoms with E-state index >= 15 is 0 Å². The Morgan fingerprint density at radius 3 is 2.49 bits per heavy atom. The van der Waals surface area contributed by atoms with Gasteiger partial charge in [-0.05, 0) is 34.6 Å². The van der Waals surface area contributed by atoms with Crippen LogP contribution in [0, 0.1) is 0 Å². The van der Waals surface area contributed by atoms with E-state index in [0.29, 0.717) is 11.2 Å². The fraction of sp³-hybridized carbons (Fsp3) is 0.684. The highest BCUT2D eigenvalue weighted by Crippen LogP contribution is 2.48. The van der Waals surface area contributed by atoms with Crippen LogP contribution in [0.5, 0.6) is 0 Å². The van der Waals surface area contributed by atoms with Crippen LogP contribution in [0.25, 0.3) is 11.2 Å². The first-order valence-corrected chi connectivity index (χ1v) is 12.4. The Hall–Kier alpha value is -2.39. The maximum absolute atomic E-state index is 13.1. The number of ether oxygens (including phenoxy) is 5. The van der Waals surface area contributed by atoms with Gasteiger partial charge in [0.15, 0.2) is 18.3 Å². The topological polar surface area (TPSA) is 189 Å². The van der Waals surface area contributed by atoms with Gasteiger partial charge in [-0.2, -0.15) is 0 Å². The molecule has 0 bridgehead atoms. The number of fused-ring (bicyclic) bond motifs is 1. The van der Waals surface area contributed by atoms with Crippen LogP contribution >= 0.6 is 7.60 Å². The van der Waals surface area contributed by atoms with Crippen LogP contribution in [-0.2, 0) is 43.8 Å². The van der Waals surface area contributed by atoms with Crippen molar-refractivity contribution in [1.82, 2.24) is 19.5 Å². The second kappa shape index (κ2) is 13.6. The maximum atomic E-state index is 13.1. The quantitative estimate of drug-likeness (QED) is 0.197. The number of nitrogen functional groups attached to an aromatic ring is 1. The monoisotopic (exact) mass is 521 g/mol. The summed E-state index contributed by atoms with van der Waals surface area (Å²) < 4.78 is 50.2. The Labute approximate surface area is 202 Å². The minimum atomic E-state index is -4.02. The van der Waals surface area contributed by atoms with Crippen molar-refractivity contribution >= 4 is 30.7 Å². The van der Waals surface area contributed by atoms with Crippen LogP contribution in [0.4, 0.5) is 10.6 Å². The molecule has 0 spiro atoms. The largest absolute Gasteiger partial charge is 0.510 e. The summed E-state index contributed by atoms with van der Waals surface area (Å²) in [6.45, 7) is 5.66. The molecule has 16 heteroatoms. The summed E-state index contributed by atoms with van der Waals surface area (Å²) in [6.07, 6.45) is 0.0744. The zero-order chi connectivity index (χ0) is 26.0.